The number of esters is 1. The Balaban J connectivity index is 1.60. The lowest BCUT2D eigenvalue weighted by Crippen LogP contribution is -2.56. The van der Waals surface area contributed by atoms with Crippen molar-refractivity contribution >= 4 is 14.3 Å². The number of rotatable bonds is 5. The van der Waals surface area contributed by atoms with Crippen LogP contribution in [0.5, 0.6) is 0 Å². The Bertz CT molecular complexity index is 1410. The van der Waals surface area contributed by atoms with Crippen molar-refractivity contribution in [3.8, 4) is 0 Å². The van der Waals surface area contributed by atoms with Gasteiger partial charge in [0.15, 0.2) is 14.1 Å². The molecule has 5 rings (SSSR count). The van der Waals surface area contributed by atoms with Crippen molar-refractivity contribution in [1.82, 2.24) is 0 Å². The molecule has 2 saturated heterocycles. The van der Waals surface area contributed by atoms with E-state index in [1.54, 1.807) is 7.11 Å². The molecule has 0 unspecified atom stereocenters. The normalized spacial score (nSPS) is 43.2. The van der Waals surface area contributed by atoms with Crippen molar-refractivity contribution in [2.45, 2.75) is 154 Å². The average Bonchev–Trinajstić information content (AvgIpc) is 3.38. The van der Waals surface area contributed by atoms with E-state index in [1.165, 1.54) is 0 Å². The molecule has 50 heavy (non-hydrogen) atoms. The molecule has 0 aromatic carbocycles. The van der Waals surface area contributed by atoms with E-state index in [9.17, 15) is 9.90 Å². The lowest BCUT2D eigenvalue weighted by Gasteiger charge is -2.48. The van der Waals surface area contributed by atoms with Gasteiger partial charge in [-0.05, 0) is 54.6 Å². The van der Waals surface area contributed by atoms with Crippen molar-refractivity contribution < 1.29 is 38.0 Å². The van der Waals surface area contributed by atoms with Crippen LogP contribution in [0.2, 0.25) is 18.1 Å². The van der Waals surface area contributed by atoms with Gasteiger partial charge in [-0.25, -0.2) is 4.79 Å². The van der Waals surface area contributed by atoms with E-state index < -0.39 is 44.0 Å². The predicted octanol–water partition coefficient (Wildman–Crippen LogP) is 7.99. The maximum atomic E-state index is 14.3. The van der Waals surface area contributed by atoms with Crippen LogP contribution in [-0.2, 0) is 32.9 Å². The molecule has 2 fully saturated rings. The first-order valence-electron chi connectivity index (χ1n) is 18.9. The van der Waals surface area contributed by atoms with Crippen LogP contribution < -0.4 is 0 Å². The Labute approximate surface area is 302 Å². The molecular formula is C41H64O8Si. The summed E-state index contributed by atoms with van der Waals surface area (Å²) in [6, 6.07) is 0. The summed E-state index contributed by atoms with van der Waals surface area (Å²) in [6.07, 6.45) is 14.7. The van der Waals surface area contributed by atoms with E-state index in [0.29, 0.717) is 30.8 Å². The molecule has 4 aliphatic heterocycles. The van der Waals surface area contributed by atoms with Crippen LogP contribution in [0.4, 0.5) is 0 Å². The number of hydrogen-bond acceptors (Lipinski definition) is 8. The average molecular weight is 713 g/mol. The smallest absolute Gasteiger partial charge is 0.337 e. The molecule has 0 aromatic heterocycles. The standard InChI is InChI=1S/C41H64O8Si/c1-13-25(2)34-28(5)19-20-40(48-34)23-32-22-31(47-40)18-17-27(4)35(49-50(11,12)39(7,8)9)26(3)15-14-16-30-24-45-37-36(44-10)29(6)21-33(38(42)46-32)41(30,37)43/h14-17,19-21,25-26,28-29,31-32,34-37,43H,13,18,22-24H2,1-12H3/b15-14+,27-17+,30-16+/t25-,26-,28-,29-,31+,32-,34+,35-,36+,37+,40+,41+/m0/s1. The minimum Gasteiger partial charge on any atom is -0.459 e. The molecule has 0 saturated carbocycles. The van der Waals surface area contributed by atoms with Gasteiger partial charge in [0.05, 0.1) is 36.6 Å². The molecule has 4 heterocycles. The SMILES string of the molecule is CC[C@H](C)[C@H]1O[C@]2(C=C[C@@H]1C)C[C@@H]1C[C@@H](C/C=C(\C)[C@@H](O[Si](C)(C)C(C)(C)C)[C@@H](C)/C=C/C=C3\CO[C@@H]4[C@H](OC)[C@@H](C)C=C(C(=O)O1)[C@]34O)O2. The molecule has 12 atom stereocenters. The second-order valence-electron chi connectivity index (χ2n) is 17.3. The largest absolute Gasteiger partial charge is 0.459 e. The Morgan fingerprint density at radius 3 is 2.46 bits per heavy atom. The third-order valence-electron chi connectivity index (χ3n) is 12.4. The highest BCUT2D eigenvalue weighted by Crippen LogP contribution is 2.47. The Morgan fingerprint density at radius 1 is 1.08 bits per heavy atom. The fourth-order valence-corrected chi connectivity index (χ4v) is 9.48. The molecule has 1 N–H and O–H groups in total. The molecule has 8 nitrogen and oxygen atoms in total. The van der Waals surface area contributed by atoms with Gasteiger partial charge < -0.3 is 33.2 Å². The van der Waals surface area contributed by atoms with E-state index >= 15 is 0 Å². The third-order valence-corrected chi connectivity index (χ3v) is 16.9. The van der Waals surface area contributed by atoms with Crippen molar-refractivity contribution in [2.24, 2.45) is 23.7 Å². The van der Waals surface area contributed by atoms with Gasteiger partial charge in [0.25, 0.3) is 0 Å². The van der Waals surface area contributed by atoms with Gasteiger partial charge in [-0.2, -0.15) is 0 Å². The molecule has 0 amide bonds. The Morgan fingerprint density at radius 2 is 1.80 bits per heavy atom. The minimum absolute atomic E-state index is 0.0251. The van der Waals surface area contributed by atoms with Gasteiger partial charge >= 0.3 is 5.97 Å². The predicted molar refractivity (Wildman–Crippen MR) is 199 cm³/mol. The molecule has 1 aliphatic carbocycles. The van der Waals surface area contributed by atoms with Crippen LogP contribution in [0.3, 0.4) is 0 Å². The summed E-state index contributed by atoms with van der Waals surface area (Å²) in [5.41, 5.74) is 0.267. The summed E-state index contributed by atoms with van der Waals surface area (Å²) >= 11 is 0. The van der Waals surface area contributed by atoms with Gasteiger partial charge in [-0.15, -0.1) is 0 Å². The number of carbonyl (C=O) groups is 1. The van der Waals surface area contributed by atoms with Gasteiger partial charge in [0.1, 0.15) is 17.8 Å². The number of ether oxygens (including phenoxy) is 5. The van der Waals surface area contributed by atoms with E-state index in [4.69, 9.17) is 28.1 Å². The first-order chi connectivity index (χ1) is 23.4. The summed E-state index contributed by atoms with van der Waals surface area (Å²) < 4.78 is 39.4. The zero-order valence-electron chi connectivity index (χ0n) is 32.7. The molecule has 0 aromatic rings. The second kappa shape index (κ2) is 14.9. The van der Waals surface area contributed by atoms with Gasteiger partial charge in [0, 0.05) is 37.7 Å². The quantitative estimate of drug-likeness (QED) is 0.174. The lowest BCUT2D eigenvalue weighted by atomic mass is 9.72. The number of allylic oxidation sites excluding steroid dienone is 2. The number of aliphatic hydroxyl groups is 1. The fourth-order valence-electron chi connectivity index (χ4n) is 8.10. The van der Waals surface area contributed by atoms with Crippen LogP contribution in [-0.4, -0.2) is 81.1 Å². The molecular weight excluding hydrogens is 649 g/mol. The molecule has 280 valence electrons. The fraction of sp³-hybridized carbons (Fsp3) is 0.732. The van der Waals surface area contributed by atoms with E-state index in [0.717, 1.165) is 12.0 Å². The maximum Gasteiger partial charge on any atom is 0.337 e. The molecule has 0 radical (unpaired) electrons. The van der Waals surface area contributed by atoms with Crippen molar-refractivity contribution in [1.29, 1.82) is 0 Å². The molecule has 5 aliphatic rings. The summed E-state index contributed by atoms with van der Waals surface area (Å²) in [5.74, 6) is -1.14. The highest BCUT2D eigenvalue weighted by molar-refractivity contribution is 6.74. The highest BCUT2D eigenvalue weighted by atomic mass is 28.4. The minimum atomic E-state index is -2.15. The maximum absolute atomic E-state index is 14.3. The van der Waals surface area contributed by atoms with Crippen LogP contribution in [0.1, 0.15) is 88.0 Å². The van der Waals surface area contributed by atoms with Crippen LogP contribution in [0.15, 0.2) is 59.3 Å². The highest BCUT2D eigenvalue weighted by Gasteiger charge is 2.59. The van der Waals surface area contributed by atoms with Crippen LogP contribution in [0, 0.1) is 23.7 Å². The van der Waals surface area contributed by atoms with E-state index in [-0.39, 0.29) is 53.3 Å². The zero-order chi connectivity index (χ0) is 36.8. The number of fused-ring (bicyclic) bond motifs is 2. The summed E-state index contributed by atoms with van der Waals surface area (Å²) in [6.45, 7) is 24.5. The first kappa shape index (κ1) is 39.4. The first-order valence-corrected chi connectivity index (χ1v) is 21.8. The summed E-state index contributed by atoms with van der Waals surface area (Å²) in [7, 11) is -0.529. The van der Waals surface area contributed by atoms with Crippen LogP contribution >= 0.6 is 0 Å². The van der Waals surface area contributed by atoms with Gasteiger partial charge in [-0.1, -0.05) is 98.3 Å². The van der Waals surface area contributed by atoms with E-state index in [1.807, 2.05) is 31.2 Å². The Hall–Kier alpha value is -1.85. The van der Waals surface area contributed by atoms with Crippen LogP contribution in [0.25, 0.3) is 0 Å². The zero-order valence-corrected chi connectivity index (χ0v) is 33.7. The third kappa shape index (κ3) is 7.61. The van der Waals surface area contributed by atoms with Crippen molar-refractivity contribution in [3.63, 3.8) is 0 Å². The molecule has 1 spiro atoms. The number of methoxy groups -OCH3 is 1. The number of hydrogen-bond donors (Lipinski definition) is 1. The summed E-state index contributed by atoms with van der Waals surface area (Å²) in [4.78, 5) is 14.3. The second-order valence-corrected chi connectivity index (χ2v) is 22.0. The van der Waals surface area contributed by atoms with Gasteiger partial charge in [-0.3, -0.25) is 0 Å². The van der Waals surface area contributed by atoms with Gasteiger partial charge in [0.2, 0.25) is 0 Å². The topological polar surface area (TPSA) is 92.7 Å². The van der Waals surface area contributed by atoms with Crippen molar-refractivity contribution in [2.75, 3.05) is 13.7 Å². The van der Waals surface area contributed by atoms with Crippen molar-refractivity contribution in [3.05, 3.63) is 59.3 Å². The Kier molecular flexibility index (Phi) is 11.7. The molecule has 9 heteroatoms. The number of carbonyl (C=O) groups excluding carboxylic acids is 1. The molecule has 2 bridgehead atoms. The van der Waals surface area contributed by atoms with E-state index in [2.05, 4.69) is 86.7 Å². The lowest BCUT2D eigenvalue weighted by molar-refractivity contribution is -0.299. The summed E-state index contributed by atoms with van der Waals surface area (Å²) in [5, 5.41) is 12.6. The monoisotopic (exact) mass is 712 g/mol.